The third-order valence-electron chi connectivity index (χ3n) is 3.66. The van der Waals surface area contributed by atoms with Crippen LogP contribution in [0.25, 0.3) is 0 Å². The van der Waals surface area contributed by atoms with E-state index < -0.39 is 0 Å². The van der Waals surface area contributed by atoms with Crippen LogP contribution in [0.15, 0.2) is 42.5 Å². The van der Waals surface area contributed by atoms with E-state index in [4.69, 9.17) is 14.2 Å². The lowest BCUT2D eigenvalue weighted by molar-refractivity contribution is -0.116. The molecule has 0 saturated carbocycles. The van der Waals surface area contributed by atoms with Crippen molar-refractivity contribution in [2.24, 2.45) is 0 Å². The van der Waals surface area contributed by atoms with E-state index in [1.807, 2.05) is 0 Å². The second-order valence-corrected chi connectivity index (χ2v) is 5.27. The van der Waals surface area contributed by atoms with E-state index in [-0.39, 0.29) is 24.5 Å². The fourth-order valence-electron chi connectivity index (χ4n) is 2.29. The van der Waals surface area contributed by atoms with Crippen LogP contribution in [0.3, 0.4) is 0 Å². The summed E-state index contributed by atoms with van der Waals surface area (Å²) >= 11 is 0. The molecule has 1 amide bonds. The van der Waals surface area contributed by atoms with Crippen LogP contribution in [0.4, 0.5) is 5.69 Å². The highest BCUT2D eigenvalue weighted by atomic mass is 16.5. The highest BCUT2D eigenvalue weighted by Gasteiger charge is 2.15. The Labute approximate surface area is 146 Å². The molecule has 0 aliphatic heterocycles. The molecule has 0 saturated heterocycles. The number of carbonyl (C=O) groups is 2. The average Bonchev–Trinajstić information content (AvgIpc) is 2.66. The van der Waals surface area contributed by atoms with Crippen LogP contribution >= 0.6 is 0 Å². The molecule has 2 aromatic carbocycles. The standard InChI is InChI=1S/C19H21NO5/c1-23-14-6-4-13(5-7-14)20-19(22)11-10-17(21)16-9-8-15(24-2)12-18(16)25-3/h4-9,12H,10-11H2,1-3H3,(H,20,22). The van der Waals surface area contributed by atoms with Crippen molar-refractivity contribution in [2.75, 3.05) is 26.6 Å². The molecule has 1 N–H and O–H groups in total. The van der Waals surface area contributed by atoms with Crippen LogP contribution in [0.2, 0.25) is 0 Å². The Morgan fingerprint density at radius 1 is 0.840 bits per heavy atom. The minimum atomic E-state index is -0.231. The Morgan fingerprint density at radius 3 is 2.08 bits per heavy atom. The smallest absolute Gasteiger partial charge is 0.224 e. The van der Waals surface area contributed by atoms with E-state index in [0.717, 1.165) is 0 Å². The first-order valence-corrected chi connectivity index (χ1v) is 7.76. The molecule has 0 spiro atoms. The van der Waals surface area contributed by atoms with Gasteiger partial charge in [0.2, 0.25) is 5.91 Å². The molecule has 0 unspecified atom stereocenters. The van der Waals surface area contributed by atoms with Gasteiger partial charge in [0.15, 0.2) is 5.78 Å². The molecular formula is C19H21NO5. The van der Waals surface area contributed by atoms with E-state index in [1.54, 1.807) is 56.7 Å². The fraction of sp³-hybridized carbons (Fsp3) is 0.263. The second-order valence-electron chi connectivity index (χ2n) is 5.27. The van der Waals surface area contributed by atoms with Crippen LogP contribution in [0.1, 0.15) is 23.2 Å². The van der Waals surface area contributed by atoms with Gasteiger partial charge in [-0.25, -0.2) is 0 Å². The van der Waals surface area contributed by atoms with E-state index in [0.29, 0.717) is 28.5 Å². The summed E-state index contributed by atoms with van der Waals surface area (Å²) in [6.45, 7) is 0. The maximum absolute atomic E-state index is 12.3. The highest BCUT2D eigenvalue weighted by molar-refractivity contribution is 6.01. The van der Waals surface area contributed by atoms with Gasteiger partial charge in [0.25, 0.3) is 0 Å². The number of rotatable bonds is 8. The molecule has 2 aromatic rings. The third-order valence-corrected chi connectivity index (χ3v) is 3.66. The van der Waals surface area contributed by atoms with E-state index in [2.05, 4.69) is 5.32 Å². The van der Waals surface area contributed by atoms with Gasteiger partial charge in [0, 0.05) is 24.6 Å². The number of hydrogen-bond donors (Lipinski definition) is 1. The van der Waals surface area contributed by atoms with Crippen molar-refractivity contribution in [3.05, 3.63) is 48.0 Å². The highest BCUT2D eigenvalue weighted by Crippen LogP contribution is 2.26. The zero-order valence-corrected chi connectivity index (χ0v) is 14.5. The van der Waals surface area contributed by atoms with E-state index in [9.17, 15) is 9.59 Å². The Morgan fingerprint density at radius 2 is 1.48 bits per heavy atom. The summed E-state index contributed by atoms with van der Waals surface area (Å²) in [7, 11) is 4.61. The summed E-state index contributed by atoms with van der Waals surface area (Å²) in [5, 5.41) is 2.75. The number of benzene rings is 2. The summed E-state index contributed by atoms with van der Waals surface area (Å²) in [5.74, 6) is 1.35. The first kappa shape index (κ1) is 18.3. The number of hydrogen-bond acceptors (Lipinski definition) is 5. The maximum atomic E-state index is 12.3. The Kier molecular flexibility index (Phi) is 6.39. The topological polar surface area (TPSA) is 73.9 Å². The molecule has 0 heterocycles. The van der Waals surface area contributed by atoms with Gasteiger partial charge >= 0.3 is 0 Å². The van der Waals surface area contributed by atoms with Gasteiger partial charge in [-0.15, -0.1) is 0 Å². The van der Waals surface area contributed by atoms with Gasteiger partial charge in [-0.05, 0) is 36.4 Å². The van der Waals surface area contributed by atoms with Crippen LogP contribution in [0, 0.1) is 0 Å². The van der Waals surface area contributed by atoms with Crippen LogP contribution < -0.4 is 19.5 Å². The van der Waals surface area contributed by atoms with Crippen molar-refractivity contribution in [2.45, 2.75) is 12.8 Å². The summed E-state index contributed by atoms with van der Waals surface area (Å²) in [4.78, 5) is 24.4. The van der Waals surface area contributed by atoms with Crippen molar-refractivity contribution in [3.63, 3.8) is 0 Å². The number of methoxy groups -OCH3 is 3. The van der Waals surface area contributed by atoms with Crippen molar-refractivity contribution < 1.29 is 23.8 Å². The Balaban J connectivity index is 1.93. The quantitative estimate of drug-likeness (QED) is 0.744. The SMILES string of the molecule is COc1ccc(NC(=O)CCC(=O)c2ccc(OC)cc2OC)cc1. The first-order chi connectivity index (χ1) is 12.1. The molecule has 6 heteroatoms. The molecule has 0 radical (unpaired) electrons. The summed E-state index contributed by atoms with van der Waals surface area (Å²) in [5.41, 5.74) is 1.08. The Bertz CT molecular complexity index is 740. The van der Waals surface area contributed by atoms with Crippen molar-refractivity contribution in [1.29, 1.82) is 0 Å². The van der Waals surface area contributed by atoms with Gasteiger partial charge in [0.05, 0.1) is 26.9 Å². The number of ketones is 1. The molecule has 25 heavy (non-hydrogen) atoms. The number of Topliss-reactive ketones (excluding diaryl/α,β-unsaturated/α-hetero) is 1. The molecule has 0 aromatic heterocycles. The number of amides is 1. The molecule has 132 valence electrons. The lowest BCUT2D eigenvalue weighted by Gasteiger charge is -2.10. The monoisotopic (exact) mass is 343 g/mol. The lowest BCUT2D eigenvalue weighted by atomic mass is 10.0. The fourth-order valence-corrected chi connectivity index (χ4v) is 2.29. The average molecular weight is 343 g/mol. The number of nitrogens with one attached hydrogen (secondary N) is 1. The number of anilines is 1. The zero-order chi connectivity index (χ0) is 18.2. The molecule has 2 rings (SSSR count). The molecule has 0 aliphatic rings. The number of ether oxygens (including phenoxy) is 3. The lowest BCUT2D eigenvalue weighted by Crippen LogP contribution is -2.13. The second kappa shape index (κ2) is 8.73. The molecule has 6 nitrogen and oxygen atoms in total. The summed E-state index contributed by atoms with van der Waals surface area (Å²) in [6, 6.07) is 12.0. The normalized spacial score (nSPS) is 10.0. The maximum Gasteiger partial charge on any atom is 0.224 e. The predicted molar refractivity (Wildman–Crippen MR) is 94.7 cm³/mol. The molecule has 0 bridgehead atoms. The largest absolute Gasteiger partial charge is 0.497 e. The van der Waals surface area contributed by atoms with Crippen LogP contribution in [-0.2, 0) is 4.79 Å². The van der Waals surface area contributed by atoms with Gasteiger partial charge in [-0.1, -0.05) is 0 Å². The third kappa shape index (κ3) is 4.97. The van der Waals surface area contributed by atoms with Gasteiger partial charge < -0.3 is 19.5 Å². The van der Waals surface area contributed by atoms with Crippen molar-refractivity contribution in [1.82, 2.24) is 0 Å². The zero-order valence-electron chi connectivity index (χ0n) is 14.5. The van der Waals surface area contributed by atoms with Crippen molar-refractivity contribution >= 4 is 17.4 Å². The van der Waals surface area contributed by atoms with Crippen LogP contribution in [0.5, 0.6) is 17.2 Å². The number of carbonyl (C=O) groups excluding carboxylic acids is 2. The van der Waals surface area contributed by atoms with E-state index in [1.165, 1.54) is 7.11 Å². The first-order valence-electron chi connectivity index (χ1n) is 7.76. The van der Waals surface area contributed by atoms with Gasteiger partial charge in [-0.3, -0.25) is 9.59 Å². The van der Waals surface area contributed by atoms with E-state index >= 15 is 0 Å². The van der Waals surface area contributed by atoms with Gasteiger partial charge in [0.1, 0.15) is 17.2 Å². The van der Waals surface area contributed by atoms with Gasteiger partial charge in [-0.2, -0.15) is 0 Å². The summed E-state index contributed by atoms with van der Waals surface area (Å²) in [6.07, 6.45) is 0.171. The minimum Gasteiger partial charge on any atom is -0.497 e. The van der Waals surface area contributed by atoms with Crippen molar-refractivity contribution in [3.8, 4) is 17.2 Å². The predicted octanol–water partition coefficient (Wildman–Crippen LogP) is 3.31. The molecular weight excluding hydrogens is 322 g/mol. The summed E-state index contributed by atoms with van der Waals surface area (Å²) < 4.78 is 15.4. The molecule has 0 fully saturated rings. The molecule has 0 atom stereocenters. The molecule has 0 aliphatic carbocycles. The Hall–Kier alpha value is -3.02. The minimum absolute atomic E-state index is 0.0834. The van der Waals surface area contributed by atoms with Crippen LogP contribution in [-0.4, -0.2) is 33.0 Å².